The van der Waals surface area contributed by atoms with Gasteiger partial charge in [-0.15, -0.1) is 0 Å². The van der Waals surface area contributed by atoms with E-state index in [9.17, 15) is 4.48 Å². The first-order valence-corrected chi connectivity index (χ1v) is 3.44. The van der Waals surface area contributed by atoms with Crippen LogP contribution in [0.25, 0.3) is 11.4 Å². The van der Waals surface area contributed by atoms with Crippen LogP contribution in [0.1, 0.15) is 0 Å². The third kappa shape index (κ3) is 0.886. The zero-order valence-electron chi connectivity index (χ0n) is 5.46. The van der Waals surface area contributed by atoms with Crippen LogP contribution in [-0.2, 0) is 0 Å². The lowest BCUT2D eigenvalue weighted by Crippen LogP contribution is -1.90. The van der Waals surface area contributed by atoms with Crippen LogP contribution in [0.15, 0.2) is 24.5 Å². The number of aromatic nitrogens is 2. The molecule has 2 aliphatic rings. The highest BCUT2D eigenvalue weighted by Gasteiger charge is 2.11. The number of hydrogen-bond acceptors (Lipinski definition) is 1. The summed E-state index contributed by atoms with van der Waals surface area (Å²) in [5.74, 6) is 0. The van der Waals surface area contributed by atoms with Crippen LogP contribution in [0, 0.1) is 0 Å². The summed E-state index contributed by atoms with van der Waals surface area (Å²) in [5.41, 5.74) is 0.897. The zero-order chi connectivity index (χ0) is 7.84. The first kappa shape index (κ1) is 6.61. The number of pyridine rings is 1. The number of fused-ring (bicyclic) bond motifs is 1. The molecule has 0 unspecified atom stereocenters. The maximum absolute atomic E-state index is 12.8. The number of hydrogen-bond donors (Lipinski definition) is 0. The molecule has 0 amide bonds. The molecule has 0 saturated heterocycles. The van der Waals surface area contributed by atoms with E-state index >= 15 is 0 Å². The van der Waals surface area contributed by atoms with Crippen molar-refractivity contribution < 1.29 is 4.48 Å². The average Bonchev–Trinajstić information content (AvgIpc) is 2.45. The molecule has 2 rings (SSSR count). The van der Waals surface area contributed by atoms with E-state index in [1.165, 1.54) is 18.5 Å². The molecule has 2 aliphatic heterocycles. The smallest absolute Gasteiger partial charge is 0.108 e. The Kier molecular flexibility index (Phi) is 1.32. The Bertz CT molecular complexity index is 325. The highest BCUT2D eigenvalue weighted by Crippen LogP contribution is 2.27. The molecule has 0 aromatic rings. The molecular weight excluding hydrogens is 167 g/mol. The predicted octanol–water partition coefficient (Wildman–Crippen LogP) is 2.37. The van der Waals surface area contributed by atoms with Gasteiger partial charge in [0.05, 0.1) is 5.02 Å². The summed E-state index contributed by atoms with van der Waals surface area (Å²) in [4.78, 5) is 4.38. The summed E-state index contributed by atoms with van der Waals surface area (Å²) in [7, 11) is 0. The van der Waals surface area contributed by atoms with E-state index in [1.54, 1.807) is 6.07 Å². The number of rotatable bonds is 0. The van der Waals surface area contributed by atoms with Gasteiger partial charge in [0, 0.05) is 12.4 Å². The Hall–Kier alpha value is -1.09. The van der Waals surface area contributed by atoms with Gasteiger partial charge in [0.2, 0.25) is 0 Å². The Morgan fingerprint density at radius 3 is 3.00 bits per heavy atom. The molecule has 11 heavy (non-hydrogen) atoms. The molecule has 0 saturated carbocycles. The lowest BCUT2D eigenvalue weighted by molar-refractivity contribution is 0.372. The van der Waals surface area contributed by atoms with Crippen LogP contribution in [0.5, 0.6) is 0 Å². The van der Waals surface area contributed by atoms with Crippen LogP contribution >= 0.6 is 11.6 Å². The molecule has 0 aromatic carbocycles. The van der Waals surface area contributed by atoms with Crippen molar-refractivity contribution in [3.8, 4) is 11.4 Å². The van der Waals surface area contributed by atoms with Gasteiger partial charge in [0.15, 0.2) is 0 Å². The summed E-state index contributed by atoms with van der Waals surface area (Å²) in [6.07, 6.45) is 2.78. The highest BCUT2D eigenvalue weighted by atomic mass is 35.5. The maximum Gasteiger partial charge on any atom is 0.108 e. The summed E-state index contributed by atoms with van der Waals surface area (Å²) in [6.45, 7) is 0. The van der Waals surface area contributed by atoms with Crippen molar-refractivity contribution in [1.29, 1.82) is 0 Å². The standard InChI is InChI=1S/C7H4ClFN2/c8-5-2-4-11(9)6-1-3-10-7(5)6/h1-4H. The topological polar surface area (TPSA) is 17.8 Å². The van der Waals surface area contributed by atoms with Crippen molar-refractivity contribution in [1.82, 2.24) is 9.77 Å². The lowest BCUT2D eigenvalue weighted by Gasteiger charge is -2.01. The second-order valence-corrected chi connectivity index (χ2v) is 2.56. The van der Waals surface area contributed by atoms with Crippen LogP contribution in [0.4, 0.5) is 4.48 Å². The van der Waals surface area contributed by atoms with Crippen molar-refractivity contribution in [2.24, 2.45) is 0 Å². The quantitative estimate of drug-likeness (QED) is 0.594. The molecule has 56 valence electrons. The van der Waals surface area contributed by atoms with E-state index in [-0.39, 0.29) is 0 Å². The fraction of sp³-hybridized carbons (Fsp3) is 0. The Morgan fingerprint density at radius 1 is 1.45 bits per heavy atom. The van der Waals surface area contributed by atoms with Crippen LogP contribution in [0.3, 0.4) is 0 Å². The van der Waals surface area contributed by atoms with E-state index in [0.29, 0.717) is 21.2 Å². The fourth-order valence-corrected chi connectivity index (χ4v) is 1.18. The average molecular weight is 171 g/mol. The van der Waals surface area contributed by atoms with Gasteiger partial charge in [0.25, 0.3) is 0 Å². The van der Waals surface area contributed by atoms with Crippen molar-refractivity contribution in [2.45, 2.75) is 0 Å². The van der Waals surface area contributed by atoms with Crippen molar-refractivity contribution in [3.05, 3.63) is 29.5 Å². The molecule has 2 heterocycles. The van der Waals surface area contributed by atoms with Crippen molar-refractivity contribution in [2.75, 3.05) is 0 Å². The molecule has 0 N–H and O–H groups in total. The van der Waals surface area contributed by atoms with Gasteiger partial charge in [-0.2, -0.15) is 4.79 Å². The molecule has 2 nitrogen and oxygen atoms in total. The third-order valence-electron chi connectivity index (χ3n) is 1.49. The molecule has 0 fully saturated rings. The van der Waals surface area contributed by atoms with Crippen molar-refractivity contribution in [3.63, 3.8) is 0 Å². The molecule has 0 atom stereocenters. The van der Waals surface area contributed by atoms with Gasteiger partial charge in [-0.3, -0.25) is 4.98 Å². The molecule has 0 aromatic heterocycles. The highest BCUT2D eigenvalue weighted by molar-refractivity contribution is 6.33. The fourth-order valence-electron chi connectivity index (χ4n) is 0.974. The van der Waals surface area contributed by atoms with Gasteiger partial charge in [-0.05, 0) is 12.1 Å². The Balaban J connectivity index is 2.82. The second kappa shape index (κ2) is 2.20. The van der Waals surface area contributed by atoms with Gasteiger partial charge in [-0.1, -0.05) is 16.1 Å². The largest absolute Gasteiger partial charge is 0.253 e. The Morgan fingerprint density at radius 2 is 2.27 bits per heavy atom. The van der Waals surface area contributed by atoms with Crippen LogP contribution in [-0.4, -0.2) is 9.77 Å². The minimum atomic E-state index is 0.400. The van der Waals surface area contributed by atoms with E-state index in [1.807, 2.05) is 0 Å². The lowest BCUT2D eigenvalue weighted by atomic mass is 10.3. The van der Waals surface area contributed by atoms with Crippen molar-refractivity contribution >= 4 is 11.6 Å². The van der Waals surface area contributed by atoms with Gasteiger partial charge in [0.1, 0.15) is 11.4 Å². The predicted molar refractivity (Wildman–Crippen MR) is 40.4 cm³/mol. The molecule has 0 aliphatic carbocycles. The SMILES string of the molecule is Fn1ccc(Cl)c2nccc1-2. The summed E-state index contributed by atoms with van der Waals surface area (Å²) >= 11 is 5.73. The second-order valence-electron chi connectivity index (χ2n) is 2.15. The minimum absolute atomic E-state index is 0.400. The molecular formula is C7H4ClFN2. The van der Waals surface area contributed by atoms with E-state index < -0.39 is 0 Å². The number of halogens is 2. The number of nitrogens with zero attached hydrogens (tertiary/aromatic N) is 2. The molecule has 0 bridgehead atoms. The zero-order valence-corrected chi connectivity index (χ0v) is 6.22. The van der Waals surface area contributed by atoms with E-state index in [2.05, 4.69) is 4.98 Å². The van der Waals surface area contributed by atoms with E-state index in [4.69, 9.17) is 11.6 Å². The molecule has 0 spiro atoms. The van der Waals surface area contributed by atoms with Crippen LogP contribution < -0.4 is 0 Å². The molecule has 0 radical (unpaired) electrons. The normalized spacial score (nSPS) is 10.7. The Labute approximate surface area is 67.5 Å². The summed E-state index contributed by atoms with van der Waals surface area (Å²) in [6, 6.07) is 3.04. The third-order valence-corrected chi connectivity index (χ3v) is 1.79. The molecule has 4 heteroatoms. The van der Waals surface area contributed by atoms with E-state index in [0.717, 1.165) is 0 Å². The maximum atomic E-state index is 12.8. The summed E-state index contributed by atoms with van der Waals surface area (Å²) in [5, 5.41) is 0.471. The summed E-state index contributed by atoms with van der Waals surface area (Å²) < 4.78 is 12.8. The van der Waals surface area contributed by atoms with Gasteiger partial charge in [-0.25, -0.2) is 0 Å². The first-order chi connectivity index (χ1) is 5.29. The first-order valence-electron chi connectivity index (χ1n) is 3.07. The van der Waals surface area contributed by atoms with Gasteiger partial charge >= 0.3 is 0 Å². The van der Waals surface area contributed by atoms with Crippen LogP contribution in [0.2, 0.25) is 5.02 Å². The monoisotopic (exact) mass is 170 g/mol. The van der Waals surface area contributed by atoms with Gasteiger partial charge < -0.3 is 0 Å². The minimum Gasteiger partial charge on any atom is -0.253 e.